The van der Waals surface area contributed by atoms with E-state index in [2.05, 4.69) is 6.92 Å². The van der Waals surface area contributed by atoms with Crippen molar-refractivity contribution < 1.29 is 42.5 Å². The summed E-state index contributed by atoms with van der Waals surface area (Å²) in [5.74, 6) is 0. The summed E-state index contributed by atoms with van der Waals surface area (Å²) in [6.07, 6.45) is 8.27. The maximum Gasteiger partial charge on any atom is 1.00 e. The molecule has 0 heterocycles. The summed E-state index contributed by atoms with van der Waals surface area (Å²) in [4.78, 5) is -0.116. The molecule has 0 saturated heterocycles. The standard InChI is InChI=1S/C18H24O3S.Na/c1-2-3-4-5-6-7-10-15-13-14-18(22(19,20)21)17-12-9-8-11-16(15)17;/h8-9,11-14H,2-7,10H2,1H3,(H,19,20,21);/q;+1/p-1. The molecule has 3 nitrogen and oxygen atoms in total. The third-order valence-electron chi connectivity index (χ3n) is 4.04. The molecule has 0 unspecified atom stereocenters. The van der Waals surface area contributed by atoms with Crippen molar-refractivity contribution >= 4 is 20.9 Å². The summed E-state index contributed by atoms with van der Waals surface area (Å²) in [5, 5.41) is 1.42. The number of unbranched alkanes of at least 4 members (excludes halogenated alkanes) is 5. The molecule has 0 aliphatic heterocycles. The van der Waals surface area contributed by atoms with E-state index in [1.165, 1.54) is 38.2 Å². The number of hydrogen-bond acceptors (Lipinski definition) is 3. The first kappa shape index (κ1) is 20.7. The Labute approximate surface area is 161 Å². The maximum atomic E-state index is 11.4. The van der Waals surface area contributed by atoms with E-state index in [0.29, 0.717) is 5.39 Å². The number of aryl methyl sites for hydroxylation is 1. The Hall–Kier alpha value is -0.390. The monoisotopic (exact) mass is 342 g/mol. The SMILES string of the molecule is CCCCCCCCc1ccc(S(=O)(=O)[O-])c2ccccc12.[Na+]. The van der Waals surface area contributed by atoms with Gasteiger partial charge in [0.15, 0.2) is 0 Å². The smallest absolute Gasteiger partial charge is 0.744 e. The summed E-state index contributed by atoms with van der Waals surface area (Å²) < 4.78 is 34.1. The van der Waals surface area contributed by atoms with Gasteiger partial charge in [-0.15, -0.1) is 0 Å². The minimum atomic E-state index is -4.43. The molecule has 120 valence electrons. The topological polar surface area (TPSA) is 57.2 Å². The van der Waals surface area contributed by atoms with E-state index in [9.17, 15) is 13.0 Å². The van der Waals surface area contributed by atoms with E-state index < -0.39 is 10.1 Å². The van der Waals surface area contributed by atoms with E-state index in [1.807, 2.05) is 12.1 Å². The minimum Gasteiger partial charge on any atom is -0.744 e. The van der Waals surface area contributed by atoms with Crippen LogP contribution in [-0.2, 0) is 16.5 Å². The summed E-state index contributed by atoms with van der Waals surface area (Å²) in [6, 6.07) is 10.5. The fourth-order valence-electron chi connectivity index (χ4n) is 2.87. The van der Waals surface area contributed by atoms with E-state index in [4.69, 9.17) is 0 Å². The van der Waals surface area contributed by atoms with Crippen LogP contribution in [0.5, 0.6) is 0 Å². The Balaban J connectivity index is 0.00000264. The Bertz CT molecular complexity index is 726. The van der Waals surface area contributed by atoms with Crippen LogP contribution in [0, 0.1) is 0 Å². The second-order valence-electron chi connectivity index (χ2n) is 5.74. The molecule has 23 heavy (non-hydrogen) atoms. The summed E-state index contributed by atoms with van der Waals surface area (Å²) in [7, 11) is -4.43. The molecule has 2 aromatic carbocycles. The molecular formula is C18H23NaO3S. The van der Waals surface area contributed by atoms with Gasteiger partial charge in [-0.05, 0) is 35.2 Å². The quantitative estimate of drug-likeness (QED) is 0.416. The van der Waals surface area contributed by atoms with Gasteiger partial charge in [-0.2, -0.15) is 0 Å². The van der Waals surface area contributed by atoms with Gasteiger partial charge >= 0.3 is 29.6 Å². The van der Waals surface area contributed by atoms with Crippen molar-refractivity contribution in [3.8, 4) is 0 Å². The van der Waals surface area contributed by atoms with Crippen LogP contribution in [-0.4, -0.2) is 13.0 Å². The number of fused-ring (bicyclic) bond motifs is 1. The molecule has 0 bridgehead atoms. The van der Waals surface area contributed by atoms with Crippen LogP contribution in [0.2, 0.25) is 0 Å². The Kier molecular flexibility index (Phi) is 8.80. The molecular weight excluding hydrogens is 319 g/mol. The Morgan fingerprint density at radius 1 is 0.870 bits per heavy atom. The average molecular weight is 342 g/mol. The number of hydrogen-bond donors (Lipinski definition) is 0. The van der Waals surface area contributed by atoms with Gasteiger partial charge in [-0.25, -0.2) is 8.42 Å². The zero-order chi connectivity index (χ0) is 16.0. The first-order valence-corrected chi connectivity index (χ1v) is 9.41. The fraction of sp³-hybridized carbons (Fsp3) is 0.444. The Morgan fingerprint density at radius 2 is 1.48 bits per heavy atom. The van der Waals surface area contributed by atoms with E-state index in [-0.39, 0.29) is 34.5 Å². The number of benzene rings is 2. The molecule has 2 rings (SSSR count). The van der Waals surface area contributed by atoms with Crippen LogP contribution in [0.3, 0.4) is 0 Å². The van der Waals surface area contributed by atoms with Crippen LogP contribution in [0.25, 0.3) is 10.8 Å². The van der Waals surface area contributed by atoms with Gasteiger partial charge in [0.05, 0.1) is 4.90 Å². The van der Waals surface area contributed by atoms with Crippen molar-refractivity contribution in [1.82, 2.24) is 0 Å². The first-order chi connectivity index (χ1) is 10.5. The second kappa shape index (κ2) is 9.80. The van der Waals surface area contributed by atoms with Crippen LogP contribution >= 0.6 is 0 Å². The van der Waals surface area contributed by atoms with Crippen LogP contribution in [0.4, 0.5) is 0 Å². The zero-order valence-corrected chi connectivity index (χ0v) is 16.9. The van der Waals surface area contributed by atoms with Crippen LogP contribution < -0.4 is 29.6 Å². The molecule has 0 spiro atoms. The van der Waals surface area contributed by atoms with E-state index in [1.54, 1.807) is 18.2 Å². The first-order valence-electron chi connectivity index (χ1n) is 8.00. The third-order valence-corrected chi connectivity index (χ3v) is 4.94. The summed E-state index contributed by atoms with van der Waals surface area (Å²) in [6.45, 7) is 2.21. The van der Waals surface area contributed by atoms with Gasteiger partial charge in [0.25, 0.3) is 0 Å². The van der Waals surface area contributed by atoms with Gasteiger partial charge < -0.3 is 4.55 Å². The van der Waals surface area contributed by atoms with Gasteiger partial charge in [0.2, 0.25) is 0 Å². The van der Waals surface area contributed by atoms with Gasteiger partial charge in [-0.1, -0.05) is 69.4 Å². The Morgan fingerprint density at radius 3 is 2.13 bits per heavy atom. The fourth-order valence-corrected chi connectivity index (χ4v) is 3.55. The number of rotatable bonds is 8. The zero-order valence-electron chi connectivity index (χ0n) is 14.0. The minimum absolute atomic E-state index is 0. The van der Waals surface area contributed by atoms with Crippen molar-refractivity contribution in [3.05, 3.63) is 42.0 Å². The molecule has 0 N–H and O–H groups in total. The molecule has 0 radical (unpaired) electrons. The second-order valence-corrected chi connectivity index (χ2v) is 7.09. The molecule has 0 aromatic heterocycles. The summed E-state index contributed by atoms with van der Waals surface area (Å²) >= 11 is 0. The predicted molar refractivity (Wildman–Crippen MR) is 89.0 cm³/mol. The molecule has 0 saturated carbocycles. The molecule has 0 aliphatic carbocycles. The van der Waals surface area contributed by atoms with Crippen molar-refractivity contribution in [3.63, 3.8) is 0 Å². The normalized spacial score (nSPS) is 11.4. The van der Waals surface area contributed by atoms with E-state index >= 15 is 0 Å². The average Bonchev–Trinajstić information content (AvgIpc) is 2.49. The van der Waals surface area contributed by atoms with Gasteiger partial charge in [-0.3, -0.25) is 0 Å². The molecule has 2 aromatic rings. The van der Waals surface area contributed by atoms with Crippen LogP contribution in [0.1, 0.15) is 51.0 Å². The van der Waals surface area contributed by atoms with Crippen molar-refractivity contribution in [2.45, 2.75) is 56.8 Å². The van der Waals surface area contributed by atoms with Gasteiger partial charge in [0.1, 0.15) is 10.1 Å². The third kappa shape index (κ3) is 5.87. The molecule has 0 fully saturated rings. The molecule has 0 amide bonds. The molecule has 0 atom stereocenters. The molecule has 5 heteroatoms. The van der Waals surface area contributed by atoms with Crippen LogP contribution in [0.15, 0.2) is 41.3 Å². The van der Waals surface area contributed by atoms with Crippen molar-refractivity contribution in [1.29, 1.82) is 0 Å². The maximum absolute atomic E-state index is 11.4. The van der Waals surface area contributed by atoms with Crippen molar-refractivity contribution in [2.24, 2.45) is 0 Å². The van der Waals surface area contributed by atoms with Crippen molar-refractivity contribution in [2.75, 3.05) is 0 Å². The summed E-state index contributed by atoms with van der Waals surface area (Å²) in [5.41, 5.74) is 1.12. The molecule has 0 aliphatic rings. The largest absolute Gasteiger partial charge is 1.00 e. The van der Waals surface area contributed by atoms with Gasteiger partial charge in [0, 0.05) is 0 Å². The van der Waals surface area contributed by atoms with E-state index in [0.717, 1.165) is 23.8 Å². The predicted octanol–water partition coefficient (Wildman–Crippen LogP) is 1.65.